The summed E-state index contributed by atoms with van der Waals surface area (Å²) in [6.07, 6.45) is 6.75. The molecule has 1 fully saturated rings. The van der Waals surface area contributed by atoms with Crippen LogP contribution in [0.3, 0.4) is 0 Å². The minimum atomic E-state index is 0.252. The molecule has 100 valence electrons. The molecule has 1 atom stereocenters. The number of piperidine rings is 1. The molecule has 0 aromatic heterocycles. The van der Waals surface area contributed by atoms with Crippen LogP contribution in [0, 0.1) is 0 Å². The molecule has 2 nitrogen and oxygen atoms in total. The SMILES string of the molecule is CC(C)Oc1ccc(CCC2CCCCN2)cc1. The molecule has 2 heteroatoms. The van der Waals surface area contributed by atoms with Crippen LogP contribution in [0.2, 0.25) is 0 Å². The maximum atomic E-state index is 5.65. The number of benzene rings is 1. The minimum Gasteiger partial charge on any atom is -0.491 e. The van der Waals surface area contributed by atoms with Crippen molar-refractivity contribution >= 4 is 0 Å². The van der Waals surface area contributed by atoms with Crippen molar-refractivity contribution in [1.29, 1.82) is 0 Å². The van der Waals surface area contributed by atoms with Crippen LogP contribution < -0.4 is 10.1 Å². The van der Waals surface area contributed by atoms with E-state index in [2.05, 4.69) is 43.4 Å². The summed E-state index contributed by atoms with van der Waals surface area (Å²) in [6.45, 7) is 5.32. The summed E-state index contributed by atoms with van der Waals surface area (Å²) in [5, 5.41) is 3.60. The van der Waals surface area contributed by atoms with E-state index in [4.69, 9.17) is 4.74 Å². The van der Waals surface area contributed by atoms with Gasteiger partial charge in [0.1, 0.15) is 5.75 Å². The van der Waals surface area contributed by atoms with E-state index in [0.717, 1.165) is 11.8 Å². The van der Waals surface area contributed by atoms with Gasteiger partial charge in [-0.3, -0.25) is 0 Å². The Morgan fingerprint density at radius 3 is 2.61 bits per heavy atom. The van der Waals surface area contributed by atoms with Gasteiger partial charge < -0.3 is 10.1 Å². The van der Waals surface area contributed by atoms with E-state index in [-0.39, 0.29) is 6.10 Å². The van der Waals surface area contributed by atoms with E-state index in [1.54, 1.807) is 0 Å². The topological polar surface area (TPSA) is 21.3 Å². The largest absolute Gasteiger partial charge is 0.491 e. The maximum absolute atomic E-state index is 5.65. The first kappa shape index (κ1) is 13.4. The first-order valence-electron chi connectivity index (χ1n) is 7.23. The Morgan fingerprint density at radius 1 is 1.22 bits per heavy atom. The third kappa shape index (κ3) is 4.34. The van der Waals surface area contributed by atoms with Gasteiger partial charge in [0, 0.05) is 6.04 Å². The van der Waals surface area contributed by atoms with E-state index >= 15 is 0 Å². The summed E-state index contributed by atoms with van der Waals surface area (Å²) in [6, 6.07) is 9.29. The van der Waals surface area contributed by atoms with Crippen molar-refractivity contribution in [2.45, 2.75) is 58.1 Å². The van der Waals surface area contributed by atoms with Gasteiger partial charge in [-0.1, -0.05) is 18.6 Å². The number of hydrogen-bond donors (Lipinski definition) is 1. The van der Waals surface area contributed by atoms with Crippen LogP contribution in [0.15, 0.2) is 24.3 Å². The third-order valence-electron chi connectivity index (χ3n) is 3.49. The highest BCUT2D eigenvalue weighted by Gasteiger charge is 2.11. The van der Waals surface area contributed by atoms with Crippen LogP contribution in [0.4, 0.5) is 0 Å². The zero-order valence-electron chi connectivity index (χ0n) is 11.6. The van der Waals surface area contributed by atoms with Crippen LogP contribution in [0.25, 0.3) is 0 Å². The fourth-order valence-corrected chi connectivity index (χ4v) is 2.52. The minimum absolute atomic E-state index is 0.252. The Kier molecular flexibility index (Phi) is 5.06. The average molecular weight is 247 g/mol. The van der Waals surface area contributed by atoms with E-state index < -0.39 is 0 Å². The Morgan fingerprint density at radius 2 is 2.00 bits per heavy atom. The molecule has 2 rings (SSSR count). The monoisotopic (exact) mass is 247 g/mol. The van der Waals surface area contributed by atoms with Crippen molar-refractivity contribution in [3.05, 3.63) is 29.8 Å². The summed E-state index contributed by atoms with van der Waals surface area (Å²) < 4.78 is 5.65. The zero-order valence-corrected chi connectivity index (χ0v) is 11.6. The highest BCUT2D eigenvalue weighted by atomic mass is 16.5. The Balaban J connectivity index is 1.78. The molecule has 1 saturated heterocycles. The van der Waals surface area contributed by atoms with Gasteiger partial charge >= 0.3 is 0 Å². The molecule has 0 saturated carbocycles. The van der Waals surface area contributed by atoms with Gasteiger partial charge in [0.15, 0.2) is 0 Å². The molecule has 18 heavy (non-hydrogen) atoms. The molecule has 0 bridgehead atoms. The summed E-state index contributed by atoms with van der Waals surface area (Å²) in [7, 11) is 0. The smallest absolute Gasteiger partial charge is 0.119 e. The molecule has 1 aromatic carbocycles. The van der Waals surface area contributed by atoms with E-state index in [1.807, 2.05) is 0 Å². The molecule has 1 heterocycles. The Labute approximate surface area is 111 Å². The lowest BCUT2D eigenvalue weighted by Crippen LogP contribution is -2.34. The molecule has 1 N–H and O–H groups in total. The van der Waals surface area contributed by atoms with Crippen molar-refractivity contribution in [3.63, 3.8) is 0 Å². The quantitative estimate of drug-likeness (QED) is 0.859. The van der Waals surface area contributed by atoms with E-state index in [0.29, 0.717) is 0 Å². The standard InChI is InChI=1S/C16H25NO/c1-13(2)18-16-10-7-14(8-11-16)6-9-15-5-3-4-12-17-15/h7-8,10-11,13,15,17H,3-6,9,12H2,1-2H3. The summed E-state index contributed by atoms with van der Waals surface area (Å²) in [4.78, 5) is 0. The lowest BCUT2D eigenvalue weighted by Gasteiger charge is -2.23. The normalized spacial score (nSPS) is 20.1. The Hall–Kier alpha value is -1.02. The molecule has 0 radical (unpaired) electrons. The first-order chi connectivity index (χ1) is 8.74. The lowest BCUT2D eigenvalue weighted by atomic mass is 9.98. The van der Waals surface area contributed by atoms with Gasteiger partial charge in [-0.05, 0) is 63.8 Å². The van der Waals surface area contributed by atoms with Crippen molar-refractivity contribution in [1.82, 2.24) is 5.32 Å². The van der Waals surface area contributed by atoms with Crippen LogP contribution in [0.5, 0.6) is 5.75 Å². The fourth-order valence-electron chi connectivity index (χ4n) is 2.52. The second-order valence-corrected chi connectivity index (χ2v) is 5.50. The molecule has 1 aliphatic rings. The first-order valence-corrected chi connectivity index (χ1v) is 7.23. The van der Waals surface area contributed by atoms with Gasteiger partial charge in [0.05, 0.1) is 6.10 Å². The predicted octanol–water partition coefficient (Wildman–Crippen LogP) is 3.55. The summed E-state index contributed by atoms with van der Waals surface area (Å²) in [5.41, 5.74) is 1.42. The Bertz CT molecular complexity index is 339. The van der Waals surface area contributed by atoms with Gasteiger partial charge in [-0.15, -0.1) is 0 Å². The number of nitrogens with one attached hydrogen (secondary N) is 1. The highest BCUT2D eigenvalue weighted by molar-refractivity contribution is 5.27. The van der Waals surface area contributed by atoms with Crippen LogP contribution >= 0.6 is 0 Å². The molecule has 1 unspecified atom stereocenters. The molecule has 0 aliphatic carbocycles. The molecular weight excluding hydrogens is 222 g/mol. The molecular formula is C16H25NO. The summed E-state index contributed by atoms with van der Waals surface area (Å²) in [5.74, 6) is 0.976. The molecule has 0 spiro atoms. The van der Waals surface area contributed by atoms with Crippen molar-refractivity contribution in [2.24, 2.45) is 0 Å². The van der Waals surface area contributed by atoms with E-state index in [9.17, 15) is 0 Å². The van der Waals surface area contributed by atoms with Gasteiger partial charge in [-0.25, -0.2) is 0 Å². The number of ether oxygens (including phenoxy) is 1. The highest BCUT2D eigenvalue weighted by Crippen LogP contribution is 2.17. The maximum Gasteiger partial charge on any atom is 0.119 e. The average Bonchev–Trinajstić information content (AvgIpc) is 2.38. The molecule has 1 aromatic rings. The zero-order chi connectivity index (χ0) is 12.8. The third-order valence-corrected chi connectivity index (χ3v) is 3.49. The number of aryl methyl sites for hydroxylation is 1. The van der Waals surface area contributed by atoms with Gasteiger partial charge in [0.25, 0.3) is 0 Å². The van der Waals surface area contributed by atoms with Crippen molar-refractivity contribution < 1.29 is 4.74 Å². The molecule has 0 amide bonds. The number of hydrogen-bond acceptors (Lipinski definition) is 2. The summed E-state index contributed by atoms with van der Waals surface area (Å²) >= 11 is 0. The van der Waals surface area contributed by atoms with Gasteiger partial charge in [0.2, 0.25) is 0 Å². The second kappa shape index (κ2) is 6.79. The van der Waals surface area contributed by atoms with Crippen LogP contribution in [-0.2, 0) is 6.42 Å². The predicted molar refractivity (Wildman–Crippen MR) is 76.2 cm³/mol. The second-order valence-electron chi connectivity index (χ2n) is 5.50. The fraction of sp³-hybridized carbons (Fsp3) is 0.625. The van der Waals surface area contributed by atoms with Crippen LogP contribution in [-0.4, -0.2) is 18.7 Å². The number of rotatable bonds is 5. The van der Waals surface area contributed by atoms with Crippen molar-refractivity contribution in [3.8, 4) is 5.75 Å². The van der Waals surface area contributed by atoms with Crippen LogP contribution in [0.1, 0.15) is 45.1 Å². The van der Waals surface area contributed by atoms with Gasteiger partial charge in [-0.2, -0.15) is 0 Å². The lowest BCUT2D eigenvalue weighted by molar-refractivity contribution is 0.242. The van der Waals surface area contributed by atoms with Crippen molar-refractivity contribution in [2.75, 3.05) is 6.54 Å². The van der Waals surface area contributed by atoms with E-state index in [1.165, 1.54) is 44.2 Å². The molecule has 1 aliphatic heterocycles.